The molecule has 2 rings (SSSR count). The van der Waals surface area contributed by atoms with E-state index in [1.165, 1.54) is 12.3 Å². The Morgan fingerprint density at radius 2 is 2.30 bits per heavy atom. The van der Waals surface area contributed by atoms with E-state index >= 15 is 0 Å². The van der Waals surface area contributed by atoms with Crippen LogP contribution in [0.3, 0.4) is 0 Å². The summed E-state index contributed by atoms with van der Waals surface area (Å²) in [5.74, 6) is 0.502. The highest BCUT2D eigenvalue weighted by Gasteiger charge is 2.26. The average molecular weight is 285 g/mol. The van der Waals surface area contributed by atoms with Gasteiger partial charge >= 0.3 is 12.6 Å². The Morgan fingerprint density at radius 1 is 1.55 bits per heavy atom. The van der Waals surface area contributed by atoms with Crippen molar-refractivity contribution in [1.29, 1.82) is 0 Å². The molecule has 5 nitrogen and oxygen atoms in total. The van der Waals surface area contributed by atoms with E-state index in [0.29, 0.717) is 11.5 Å². The summed E-state index contributed by atoms with van der Waals surface area (Å²) in [6, 6.07) is 2.98. The maximum atomic E-state index is 12.0. The smallest absolute Gasteiger partial charge is 0.388 e. The summed E-state index contributed by atoms with van der Waals surface area (Å²) in [7, 11) is 0. The predicted molar refractivity (Wildman–Crippen MR) is 68.4 cm³/mol. The largest absolute Gasteiger partial charge is 0.417 e. The lowest BCUT2D eigenvalue weighted by Gasteiger charge is -2.33. The molecule has 2 N–H and O–H groups in total. The van der Waals surface area contributed by atoms with Gasteiger partial charge in [-0.1, -0.05) is 6.92 Å². The SMILES string of the molecule is C[C@H]1C[C@H](NC(=O)NCc2ccnc(OC(F)F)c2)C1. The van der Waals surface area contributed by atoms with Gasteiger partial charge < -0.3 is 15.4 Å². The van der Waals surface area contributed by atoms with Crippen molar-refractivity contribution in [3.8, 4) is 5.88 Å². The lowest BCUT2D eigenvalue weighted by molar-refractivity contribution is -0.0529. The molecule has 1 aromatic rings. The number of carbonyl (C=O) groups is 1. The molecule has 1 heterocycles. The van der Waals surface area contributed by atoms with Crippen molar-refractivity contribution in [2.75, 3.05) is 0 Å². The Balaban J connectivity index is 1.76. The van der Waals surface area contributed by atoms with Gasteiger partial charge in [0.2, 0.25) is 5.88 Å². The fourth-order valence-electron chi connectivity index (χ4n) is 2.16. The molecule has 0 aromatic carbocycles. The molecule has 0 aliphatic heterocycles. The van der Waals surface area contributed by atoms with Gasteiger partial charge in [-0.15, -0.1) is 0 Å². The molecule has 2 amide bonds. The third kappa shape index (κ3) is 4.32. The average Bonchev–Trinajstić information content (AvgIpc) is 2.34. The number of carbonyl (C=O) groups excluding carboxylic acids is 1. The summed E-state index contributed by atoms with van der Waals surface area (Å²) in [4.78, 5) is 15.3. The van der Waals surface area contributed by atoms with Crippen LogP contribution < -0.4 is 15.4 Å². The number of amides is 2. The van der Waals surface area contributed by atoms with Gasteiger partial charge in [-0.25, -0.2) is 9.78 Å². The minimum Gasteiger partial charge on any atom is -0.417 e. The van der Waals surface area contributed by atoms with Crippen molar-refractivity contribution in [2.45, 2.75) is 39.0 Å². The molecular weight excluding hydrogens is 268 g/mol. The van der Waals surface area contributed by atoms with Crippen LogP contribution in [0.2, 0.25) is 0 Å². The zero-order valence-electron chi connectivity index (χ0n) is 11.1. The molecule has 110 valence electrons. The highest BCUT2D eigenvalue weighted by Crippen LogP contribution is 2.25. The molecule has 0 saturated heterocycles. The lowest BCUT2D eigenvalue weighted by Crippen LogP contribution is -2.47. The standard InChI is InChI=1S/C13H17F2N3O2/c1-8-4-10(5-8)18-13(19)17-7-9-2-3-16-11(6-9)20-12(14)15/h2-3,6,8,10,12H,4-5,7H2,1H3,(H2,17,18,19)/t8-,10-. The second-order valence-corrected chi connectivity index (χ2v) is 4.98. The van der Waals surface area contributed by atoms with Gasteiger partial charge in [-0.3, -0.25) is 0 Å². The Bertz CT molecular complexity index is 465. The monoisotopic (exact) mass is 285 g/mol. The van der Waals surface area contributed by atoms with E-state index < -0.39 is 6.61 Å². The number of nitrogens with one attached hydrogen (secondary N) is 2. The van der Waals surface area contributed by atoms with Gasteiger partial charge in [0.25, 0.3) is 0 Å². The van der Waals surface area contributed by atoms with Crippen molar-refractivity contribution in [3.05, 3.63) is 23.9 Å². The first kappa shape index (κ1) is 14.5. The van der Waals surface area contributed by atoms with Crippen LogP contribution >= 0.6 is 0 Å². The first-order valence-corrected chi connectivity index (χ1v) is 6.47. The maximum absolute atomic E-state index is 12.0. The second kappa shape index (κ2) is 6.49. The van der Waals surface area contributed by atoms with Crippen LogP contribution in [0.25, 0.3) is 0 Å². The van der Waals surface area contributed by atoms with Crippen LogP contribution in [0, 0.1) is 5.92 Å². The number of nitrogens with zero attached hydrogens (tertiary/aromatic N) is 1. The van der Waals surface area contributed by atoms with Gasteiger partial charge in [0, 0.05) is 24.8 Å². The van der Waals surface area contributed by atoms with Crippen LogP contribution in [0.4, 0.5) is 13.6 Å². The van der Waals surface area contributed by atoms with Gasteiger partial charge in [0.05, 0.1) is 0 Å². The third-order valence-corrected chi connectivity index (χ3v) is 3.17. The topological polar surface area (TPSA) is 63.2 Å². The fourth-order valence-corrected chi connectivity index (χ4v) is 2.16. The van der Waals surface area contributed by atoms with Gasteiger partial charge in [-0.2, -0.15) is 8.78 Å². The van der Waals surface area contributed by atoms with Crippen LogP contribution in [0.5, 0.6) is 5.88 Å². The Labute approximate surface area is 115 Å². The van der Waals surface area contributed by atoms with E-state index in [-0.39, 0.29) is 24.5 Å². The summed E-state index contributed by atoms with van der Waals surface area (Å²) in [6.45, 7) is -0.539. The van der Waals surface area contributed by atoms with Crippen LogP contribution in [0.1, 0.15) is 25.3 Å². The fraction of sp³-hybridized carbons (Fsp3) is 0.538. The number of aromatic nitrogens is 1. The highest BCUT2D eigenvalue weighted by molar-refractivity contribution is 5.74. The first-order valence-electron chi connectivity index (χ1n) is 6.47. The van der Waals surface area contributed by atoms with E-state index in [0.717, 1.165) is 12.8 Å². The molecule has 7 heteroatoms. The minimum absolute atomic E-state index is 0.160. The molecule has 0 radical (unpaired) electrons. The quantitative estimate of drug-likeness (QED) is 0.872. The number of alkyl halides is 2. The number of halogens is 2. The number of pyridine rings is 1. The molecular formula is C13H17F2N3O2. The summed E-state index contributed by atoms with van der Waals surface area (Å²) < 4.78 is 28.3. The van der Waals surface area contributed by atoms with Crippen molar-refractivity contribution in [1.82, 2.24) is 15.6 Å². The normalized spacial score (nSPS) is 21.2. The predicted octanol–water partition coefficient (Wildman–Crippen LogP) is 2.28. The number of ether oxygens (including phenoxy) is 1. The van der Waals surface area contributed by atoms with E-state index in [1.54, 1.807) is 6.07 Å². The molecule has 0 bridgehead atoms. The van der Waals surface area contributed by atoms with Crippen molar-refractivity contribution in [2.24, 2.45) is 5.92 Å². The molecule has 1 fully saturated rings. The second-order valence-electron chi connectivity index (χ2n) is 4.98. The molecule has 0 unspecified atom stereocenters. The summed E-state index contributed by atoms with van der Waals surface area (Å²) in [5, 5.41) is 5.52. The van der Waals surface area contributed by atoms with E-state index in [2.05, 4.69) is 27.3 Å². The molecule has 0 atom stereocenters. The van der Waals surface area contributed by atoms with Crippen LogP contribution in [0.15, 0.2) is 18.3 Å². The minimum atomic E-state index is -2.91. The van der Waals surface area contributed by atoms with E-state index in [9.17, 15) is 13.6 Å². The van der Waals surface area contributed by atoms with Crippen molar-refractivity contribution < 1.29 is 18.3 Å². The van der Waals surface area contributed by atoms with Crippen molar-refractivity contribution in [3.63, 3.8) is 0 Å². The lowest BCUT2D eigenvalue weighted by atomic mass is 9.82. The molecule has 1 saturated carbocycles. The summed E-state index contributed by atoms with van der Waals surface area (Å²) >= 11 is 0. The summed E-state index contributed by atoms with van der Waals surface area (Å²) in [6.07, 6.45) is 3.35. The van der Waals surface area contributed by atoms with Gasteiger partial charge in [-0.05, 0) is 30.4 Å². The summed E-state index contributed by atoms with van der Waals surface area (Å²) in [5.41, 5.74) is 0.646. The van der Waals surface area contributed by atoms with Crippen LogP contribution in [-0.2, 0) is 6.54 Å². The third-order valence-electron chi connectivity index (χ3n) is 3.17. The Kier molecular flexibility index (Phi) is 4.70. The number of hydrogen-bond donors (Lipinski definition) is 2. The van der Waals surface area contributed by atoms with Crippen molar-refractivity contribution >= 4 is 6.03 Å². The highest BCUT2D eigenvalue weighted by atomic mass is 19.3. The Morgan fingerprint density at radius 3 is 2.95 bits per heavy atom. The number of hydrogen-bond acceptors (Lipinski definition) is 3. The molecule has 0 spiro atoms. The van der Waals surface area contributed by atoms with Gasteiger partial charge in [0.1, 0.15) is 0 Å². The van der Waals surface area contributed by atoms with E-state index in [1.807, 2.05) is 0 Å². The molecule has 1 aliphatic rings. The van der Waals surface area contributed by atoms with E-state index in [4.69, 9.17) is 0 Å². The maximum Gasteiger partial charge on any atom is 0.388 e. The number of urea groups is 1. The molecule has 1 aliphatic carbocycles. The van der Waals surface area contributed by atoms with Gasteiger partial charge in [0.15, 0.2) is 0 Å². The number of rotatable bonds is 5. The zero-order chi connectivity index (χ0) is 14.5. The zero-order valence-corrected chi connectivity index (χ0v) is 11.1. The first-order chi connectivity index (χ1) is 9.52. The van der Waals surface area contributed by atoms with Crippen LogP contribution in [-0.4, -0.2) is 23.7 Å². The molecule has 1 aromatic heterocycles. The Hall–Kier alpha value is -1.92. The molecule has 20 heavy (non-hydrogen) atoms.